The number of fused-ring (bicyclic) bond motifs is 1. The minimum absolute atomic E-state index is 1.07. The van der Waals surface area contributed by atoms with Gasteiger partial charge in [0.15, 0.2) is 0 Å². The summed E-state index contributed by atoms with van der Waals surface area (Å²) in [5.41, 5.74) is 2.78. The van der Waals surface area contributed by atoms with Crippen LogP contribution < -0.4 is 0 Å². The second-order valence-corrected chi connectivity index (χ2v) is 3.65. The molecule has 0 radical (unpaired) electrons. The van der Waals surface area contributed by atoms with E-state index < -0.39 is 0 Å². The Morgan fingerprint density at radius 1 is 1.55 bits per heavy atom. The van der Waals surface area contributed by atoms with Gasteiger partial charge < -0.3 is 4.57 Å². The standard InChI is InChI=1S/C9H11NS/c1-3-10-6-7(2)9-8(10)4-5-11-9/h4-6H,3H2,1-2H3. The van der Waals surface area contributed by atoms with Crippen LogP contribution in [0.1, 0.15) is 12.5 Å². The topological polar surface area (TPSA) is 4.93 Å². The molecule has 11 heavy (non-hydrogen) atoms. The molecular formula is C9H11NS. The molecule has 2 heteroatoms. The zero-order valence-corrected chi connectivity index (χ0v) is 7.61. The number of aromatic nitrogens is 1. The van der Waals surface area contributed by atoms with Crippen LogP contribution >= 0.6 is 11.3 Å². The smallest absolute Gasteiger partial charge is 0.0592 e. The van der Waals surface area contributed by atoms with Gasteiger partial charge in [0.2, 0.25) is 0 Å². The summed E-state index contributed by atoms with van der Waals surface area (Å²) >= 11 is 1.83. The SMILES string of the molecule is CCn1cc(C)c2sccc21. The quantitative estimate of drug-likeness (QED) is 0.612. The molecule has 0 bridgehead atoms. The first-order valence-electron chi connectivity index (χ1n) is 3.86. The number of nitrogens with zero attached hydrogens (tertiary/aromatic N) is 1. The predicted octanol–water partition coefficient (Wildman–Crippen LogP) is 3.03. The third kappa shape index (κ3) is 0.897. The highest BCUT2D eigenvalue weighted by Gasteiger charge is 2.03. The summed E-state index contributed by atoms with van der Waals surface area (Å²) in [4.78, 5) is 0. The van der Waals surface area contributed by atoms with E-state index in [0.29, 0.717) is 0 Å². The highest BCUT2D eigenvalue weighted by Crippen LogP contribution is 2.25. The van der Waals surface area contributed by atoms with Gasteiger partial charge in [-0.3, -0.25) is 0 Å². The first-order chi connectivity index (χ1) is 5.33. The van der Waals surface area contributed by atoms with Gasteiger partial charge in [0.25, 0.3) is 0 Å². The molecule has 0 saturated carbocycles. The molecule has 0 atom stereocenters. The Hall–Kier alpha value is -0.760. The minimum Gasteiger partial charge on any atom is -0.347 e. The molecule has 0 fully saturated rings. The Kier molecular flexibility index (Phi) is 1.50. The summed E-state index contributed by atoms with van der Waals surface area (Å²) in [7, 11) is 0. The summed E-state index contributed by atoms with van der Waals surface area (Å²) in [6.07, 6.45) is 2.22. The van der Waals surface area contributed by atoms with E-state index in [2.05, 4.69) is 36.1 Å². The maximum atomic E-state index is 2.29. The second-order valence-electron chi connectivity index (χ2n) is 2.73. The Bertz CT molecular complexity index is 370. The van der Waals surface area contributed by atoms with Crippen molar-refractivity contribution < 1.29 is 0 Å². The lowest BCUT2D eigenvalue weighted by Crippen LogP contribution is -1.88. The zero-order valence-electron chi connectivity index (χ0n) is 6.79. The van der Waals surface area contributed by atoms with Crippen LogP contribution in [0.5, 0.6) is 0 Å². The number of thiophene rings is 1. The number of hydrogen-bond donors (Lipinski definition) is 0. The second kappa shape index (κ2) is 2.38. The van der Waals surface area contributed by atoms with Gasteiger partial charge in [-0.1, -0.05) is 0 Å². The van der Waals surface area contributed by atoms with Gasteiger partial charge in [0.1, 0.15) is 0 Å². The van der Waals surface area contributed by atoms with Crippen molar-refractivity contribution in [1.82, 2.24) is 4.57 Å². The maximum absolute atomic E-state index is 2.29. The molecule has 0 aliphatic rings. The summed E-state index contributed by atoms with van der Waals surface area (Å²) in [5.74, 6) is 0. The fourth-order valence-electron chi connectivity index (χ4n) is 1.45. The Morgan fingerprint density at radius 2 is 2.36 bits per heavy atom. The molecule has 0 aliphatic carbocycles. The lowest BCUT2D eigenvalue weighted by molar-refractivity contribution is 0.795. The van der Waals surface area contributed by atoms with E-state index in [1.54, 1.807) is 0 Å². The molecule has 0 aliphatic heterocycles. The Labute approximate surface area is 70.3 Å². The lowest BCUT2D eigenvalue weighted by Gasteiger charge is -1.94. The van der Waals surface area contributed by atoms with Gasteiger partial charge in [0, 0.05) is 12.7 Å². The van der Waals surface area contributed by atoms with Crippen molar-refractivity contribution in [3.05, 3.63) is 23.2 Å². The molecule has 2 heterocycles. The van der Waals surface area contributed by atoms with E-state index in [9.17, 15) is 0 Å². The molecule has 2 aromatic heterocycles. The van der Waals surface area contributed by atoms with E-state index in [1.165, 1.54) is 15.8 Å². The van der Waals surface area contributed by atoms with Crippen LogP contribution in [-0.2, 0) is 6.54 Å². The highest BCUT2D eigenvalue weighted by atomic mass is 32.1. The fourth-order valence-corrected chi connectivity index (χ4v) is 2.32. The van der Waals surface area contributed by atoms with Crippen LogP contribution in [0.25, 0.3) is 10.2 Å². The largest absolute Gasteiger partial charge is 0.347 e. The monoisotopic (exact) mass is 165 g/mol. The van der Waals surface area contributed by atoms with Gasteiger partial charge in [-0.05, 0) is 30.9 Å². The van der Waals surface area contributed by atoms with Gasteiger partial charge in [-0.15, -0.1) is 11.3 Å². The van der Waals surface area contributed by atoms with Gasteiger partial charge in [-0.25, -0.2) is 0 Å². The van der Waals surface area contributed by atoms with Crippen LogP contribution in [0.2, 0.25) is 0 Å². The first-order valence-corrected chi connectivity index (χ1v) is 4.74. The Morgan fingerprint density at radius 3 is 3.09 bits per heavy atom. The van der Waals surface area contributed by atoms with Crippen molar-refractivity contribution in [3.63, 3.8) is 0 Å². The normalized spacial score (nSPS) is 11.1. The molecular weight excluding hydrogens is 154 g/mol. The molecule has 1 nitrogen and oxygen atoms in total. The number of hydrogen-bond acceptors (Lipinski definition) is 1. The molecule has 0 spiro atoms. The predicted molar refractivity (Wildman–Crippen MR) is 50.2 cm³/mol. The van der Waals surface area contributed by atoms with E-state index in [0.717, 1.165) is 6.54 Å². The average Bonchev–Trinajstić information content (AvgIpc) is 2.54. The van der Waals surface area contributed by atoms with Gasteiger partial charge in [-0.2, -0.15) is 0 Å². The summed E-state index contributed by atoms with van der Waals surface area (Å²) < 4.78 is 3.73. The molecule has 0 N–H and O–H groups in total. The maximum Gasteiger partial charge on any atom is 0.0592 e. The molecule has 2 aromatic rings. The first kappa shape index (κ1) is 6.92. The third-order valence-corrected chi connectivity index (χ3v) is 3.04. The van der Waals surface area contributed by atoms with E-state index in [-0.39, 0.29) is 0 Å². The minimum atomic E-state index is 1.07. The van der Waals surface area contributed by atoms with Crippen molar-refractivity contribution >= 4 is 21.6 Å². The zero-order chi connectivity index (χ0) is 7.84. The summed E-state index contributed by atoms with van der Waals surface area (Å²) in [5, 5.41) is 2.16. The highest BCUT2D eigenvalue weighted by molar-refractivity contribution is 7.17. The fraction of sp³-hybridized carbons (Fsp3) is 0.333. The van der Waals surface area contributed by atoms with E-state index >= 15 is 0 Å². The average molecular weight is 165 g/mol. The van der Waals surface area contributed by atoms with Crippen LogP contribution in [0, 0.1) is 6.92 Å². The van der Waals surface area contributed by atoms with Crippen molar-refractivity contribution in [2.75, 3.05) is 0 Å². The van der Waals surface area contributed by atoms with Crippen LogP contribution in [0.4, 0.5) is 0 Å². The molecule has 0 aromatic carbocycles. The van der Waals surface area contributed by atoms with Crippen molar-refractivity contribution in [2.45, 2.75) is 20.4 Å². The molecule has 2 rings (SSSR count). The molecule has 0 saturated heterocycles. The molecule has 0 unspecified atom stereocenters. The van der Waals surface area contributed by atoms with Crippen LogP contribution in [0.3, 0.4) is 0 Å². The van der Waals surface area contributed by atoms with Crippen molar-refractivity contribution in [1.29, 1.82) is 0 Å². The van der Waals surface area contributed by atoms with Crippen LogP contribution in [0.15, 0.2) is 17.6 Å². The summed E-state index contributed by atoms with van der Waals surface area (Å²) in [6.45, 7) is 5.42. The third-order valence-electron chi connectivity index (χ3n) is 2.00. The number of aryl methyl sites for hydroxylation is 2. The van der Waals surface area contributed by atoms with E-state index in [4.69, 9.17) is 0 Å². The Balaban J connectivity index is 2.80. The van der Waals surface area contributed by atoms with E-state index in [1.807, 2.05) is 11.3 Å². The molecule has 58 valence electrons. The number of rotatable bonds is 1. The summed E-state index contributed by atoms with van der Waals surface area (Å²) in [6, 6.07) is 2.19. The lowest BCUT2D eigenvalue weighted by atomic mass is 10.4. The van der Waals surface area contributed by atoms with Crippen LogP contribution in [-0.4, -0.2) is 4.57 Å². The van der Waals surface area contributed by atoms with Crippen molar-refractivity contribution in [3.8, 4) is 0 Å². The molecule has 0 amide bonds. The van der Waals surface area contributed by atoms with Gasteiger partial charge in [0.05, 0.1) is 10.2 Å². The van der Waals surface area contributed by atoms with Gasteiger partial charge >= 0.3 is 0 Å². The van der Waals surface area contributed by atoms with Crippen molar-refractivity contribution in [2.24, 2.45) is 0 Å².